The Bertz CT molecular complexity index is 736. The van der Waals surface area contributed by atoms with Gasteiger partial charge in [-0.05, 0) is 24.6 Å². The molecule has 0 fully saturated rings. The minimum absolute atomic E-state index is 0.295. The number of nitrogens with zero attached hydrogens (tertiary/aromatic N) is 3. The highest BCUT2D eigenvalue weighted by Crippen LogP contribution is 2.35. The van der Waals surface area contributed by atoms with Gasteiger partial charge in [0.2, 0.25) is 0 Å². The van der Waals surface area contributed by atoms with Gasteiger partial charge in [-0.3, -0.25) is 14.5 Å². The molecule has 102 valence electrons. The van der Waals surface area contributed by atoms with Crippen LogP contribution in [0.1, 0.15) is 21.7 Å². The molecule has 0 saturated carbocycles. The number of carbonyl (C=O) groups is 2. The van der Waals surface area contributed by atoms with Gasteiger partial charge in [-0.2, -0.15) is 0 Å². The van der Waals surface area contributed by atoms with Crippen molar-refractivity contribution < 1.29 is 9.59 Å². The lowest BCUT2D eigenvalue weighted by molar-refractivity contribution is -0.114. The number of Topliss-reactive ketones (excluding diaryl/α,β-unsaturated/α-hetero) is 1. The van der Waals surface area contributed by atoms with Gasteiger partial charge in [0.05, 0.1) is 17.8 Å². The van der Waals surface area contributed by atoms with Crippen LogP contribution < -0.4 is 4.90 Å². The lowest BCUT2D eigenvalue weighted by Crippen LogP contribution is -2.30. The maximum absolute atomic E-state index is 12.2. The molecule has 0 radical (unpaired) electrons. The summed E-state index contributed by atoms with van der Waals surface area (Å²) in [5.41, 5.74) is 2.03. The van der Waals surface area contributed by atoms with Crippen molar-refractivity contribution in [2.45, 2.75) is 13.5 Å². The molecule has 2 heterocycles. The molecule has 0 bridgehead atoms. The fourth-order valence-corrected chi connectivity index (χ4v) is 3.02. The first-order chi connectivity index (χ1) is 9.49. The summed E-state index contributed by atoms with van der Waals surface area (Å²) in [5.74, 6) is -0.218. The molecule has 0 saturated heterocycles. The van der Waals surface area contributed by atoms with Crippen LogP contribution >= 0.6 is 15.9 Å². The van der Waals surface area contributed by atoms with Crippen molar-refractivity contribution >= 4 is 33.3 Å². The van der Waals surface area contributed by atoms with Crippen LogP contribution in [0, 0.1) is 6.92 Å². The number of aromatic nitrogens is 2. The normalized spacial score (nSPS) is 14.1. The molecule has 0 unspecified atom stereocenters. The number of anilines is 1. The van der Waals surface area contributed by atoms with E-state index >= 15 is 0 Å². The van der Waals surface area contributed by atoms with Gasteiger partial charge in [0.25, 0.3) is 11.7 Å². The molecule has 6 heteroatoms. The fourth-order valence-electron chi connectivity index (χ4n) is 2.45. The van der Waals surface area contributed by atoms with E-state index in [1.807, 2.05) is 30.8 Å². The van der Waals surface area contributed by atoms with E-state index in [1.165, 1.54) is 4.90 Å². The first kappa shape index (κ1) is 13.1. The Morgan fingerprint density at radius 1 is 1.30 bits per heavy atom. The Morgan fingerprint density at radius 2 is 2.05 bits per heavy atom. The Hall–Kier alpha value is -1.95. The summed E-state index contributed by atoms with van der Waals surface area (Å²) >= 11 is 3.36. The third kappa shape index (κ3) is 1.87. The van der Waals surface area contributed by atoms with Gasteiger partial charge in [0.1, 0.15) is 5.82 Å². The molecule has 1 aromatic carbocycles. The number of benzene rings is 1. The summed E-state index contributed by atoms with van der Waals surface area (Å²) in [5, 5.41) is 0. The van der Waals surface area contributed by atoms with Crippen LogP contribution in [0.3, 0.4) is 0 Å². The van der Waals surface area contributed by atoms with Crippen molar-refractivity contribution in [1.29, 1.82) is 0 Å². The first-order valence-electron chi connectivity index (χ1n) is 6.11. The number of aryl methyl sites for hydroxylation is 2. The van der Waals surface area contributed by atoms with Crippen molar-refractivity contribution in [1.82, 2.24) is 9.55 Å². The van der Waals surface area contributed by atoms with Crippen molar-refractivity contribution in [2.24, 2.45) is 7.05 Å². The number of ketones is 1. The summed E-state index contributed by atoms with van der Waals surface area (Å²) in [6, 6.07) is 3.59. The third-order valence-electron chi connectivity index (χ3n) is 3.44. The SMILES string of the molecule is Cc1cc(Br)cc2c1N(Cc1nccn1C)C(=O)C2=O. The van der Waals surface area contributed by atoms with Crippen LogP contribution in [0.5, 0.6) is 0 Å². The van der Waals surface area contributed by atoms with E-state index in [0.717, 1.165) is 15.9 Å². The van der Waals surface area contributed by atoms with E-state index in [0.29, 0.717) is 17.8 Å². The molecule has 0 spiro atoms. The van der Waals surface area contributed by atoms with Crippen molar-refractivity contribution in [2.75, 3.05) is 4.90 Å². The lowest BCUT2D eigenvalue weighted by atomic mass is 10.1. The van der Waals surface area contributed by atoms with Gasteiger partial charge < -0.3 is 4.57 Å². The topological polar surface area (TPSA) is 55.2 Å². The van der Waals surface area contributed by atoms with Crippen molar-refractivity contribution in [3.63, 3.8) is 0 Å². The largest absolute Gasteiger partial charge is 0.337 e. The van der Waals surface area contributed by atoms with E-state index in [2.05, 4.69) is 20.9 Å². The molecule has 3 rings (SSSR count). The highest BCUT2D eigenvalue weighted by molar-refractivity contribution is 9.10. The summed E-state index contributed by atoms with van der Waals surface area (Å²) in [6.07, 6.45) is 3.49. The zero-order valence-corrected chi connectivity index (χ0v) is 12.6. The maximum Gasteiger partial charge on any atom is 0.299 e. The van der Waals surface area contributed by atoms with Gasteiger partial charge in [0.15, 0.2) is 0 Å². The monoisotopic (exact) mass is 333 g/mol. The number of hydrogen-bond acceptors (Lipinski definition) is 3. The number of rotatable bonds is 2. The number of halogens is 1. The summed E-state index contributed by atoms with van der Waals surface area (Å²) < 4.78 is 2.64. The van der Waals surface area contributed by atoms with Crippen molar-refractivity contribution in [3.8, 4) is 0 Å². The van der Waals surface area contributed by atoms with E-state index in [9.17, 15) is 9.59 Å². The Labute approximate surface area is 124 Å². The highest BCUT2D eigenvalue weighted by atomic mass is 79.9. The molecule has 1 aliphatic heterocycles. The summed E-state index contributed by atoms with van der Waals surface area (Å²) in [7, 11) is 1.86. The van der Waals surface area contributed by atoms with Crippen LogP contribution in [0.4, 0.5) is 5.69 Å². The zero-order valence-electron chi connectivity index (χ0n) is 11.1. The lowest BCUT2D eigenvalue weighted by Gasteiger charge is -2.18. The quantitative estimate of drug-likeness (QED) is 0.792. The van der Waals surface area contributed by atoms with Crippen molar-refractivity contribution in [3.05, 3.63) is 46.0 Å². The molecule has 0 N–H and O–H groups in total. The minimum atomic E-state index is -0.496. The average Bonchev–Trinajstić information content (AvgIpc) is 2.88. The molecule has 2 aromatic rings. The molecular weight excluding hydrogens is 322 g/mol. The van der Waals surface area contributed by atoms with Gasteiger partial charge in [-0.1, -0.05) is 15.9 Å². The molecule has 1 amide bonds. The predicted octanol–water partition coefficient (Wildman–Crippen LogP) is 2.22. The van der Waals surface area contributed by atoms with Crippen LogP contribution in [0.2, 0.25) is 0 Å². The van der Waals surface area contributed by atoms with Gasteiger partial charge in [-0.25, -0.2) is 4.98 Å². The average molecular weight is 334 g/mol. The fraction of sp³-hybridized carbons (Fsp3) is 0.214. The van der Waals surface area contributed by atoms with E-state index in [4.69, 9.17) is 0 Å². The van der Waals surface area contributed by atoms with E-state index < -0.39 is 11.7 Å². The molecule has 1 aliphatic rings. The Balaban J connectivity index is 2.09. The molecule has 0 aliphatic carbocycles. The van der Waals surface area contributed by atoms with E-state index in [1.54, 1.807) is 12.3 Å². The minimum Gasteiger partial charge on any atom is -0.337 e. The second kappa shape index (κ2) is 4.56. The number of carbonyl (C=O) groups excluding carboxylic acids is 2. The standard InChI is InChI=1S/C14H12BrN3O2/c1-8-5-9(15)6-10-12(8)18(14(20)13(10)19)7-11-16-3-4-17(11)2/h3-6H,7H2,1-2H3. The predicted molar refractivity (Wildman–Crippen MR) is 77.6 cm³/mol. The second-order valence-electron chi connectivity index (χ2n) is 4.79. The smallest absolute Gasteiger partial charge is 0.299 e. The van der Waals surface area contributed by atoms with Crippen LogP contribution in [0.25, 0.3) is 0 Å². The number of imidazole rings is 1. The Kier molecular flexibility index (Phi) is 2.97. The van der Waals surface area contributed by atoms with Gasteiger partial charge in [-0.15, -0.1) is 0 Å². The molecule has 0 atom stereocenters. The first-order valence-corrected chi connectivity index (χ1v) is 6.91. The third-order valence-corrected chi connectivity index (χ3v) is 3.90. The zero-order chi connectivity index (χ0) is 14.4. The molecule has 5 nitrogen and oxygen atoms in total. The van der Waals surface area contributed by atoms with Crippen LogP contribution in [-0.2, 0) is 18.4 Å². The van der Waals surface area contributed by atoms with Crippen LogP contribution in [-0.4, -0.2) is 21.2 Å². The van der Waals surface area contributed by atoms with Crippen LogP contribution in [0.15, 0.2) is 29.0 Å². The number of hydrogen-bond donors (Lipinski definition) is 0. The highest BCUT2D eigenvalue weighted by Gasteiger charge is 2.37. The Morgan fingerprint density at radius 3 is 2.70 bits per heavy atom. The summed E-state index contributed by atoms with van der Waals surface area (Å²) in [4.78, 5) is 30.0. The maximum atomic E-state index is 12.2. The summed E-state index contributed by atoms with van der Waals surface area (Å²) in [6.45, 7) is 2.18. The van der Waals surface area contributed by atoms with Gasteiger partial charge >= 0.3 is 0 Å². The van der Waals surface area contributed by atoms with E-state index in [-0.39, 0.29) is 0 Å². The molecule has 1 aromatic heterocycles. The molecule has 20 heavy (non-hydrogen) atoms. The second-order valence-corrected chi connectivity index (χ2v) is 5.71. The van der Waals surface area contributed by atoms with Gasteiger partial charge in [0, 0.05) is 23.9 Å². The molecular formula is C14H12BrN3O2. The number of fused-ring (bicyclic) bond motifs is 1. The number of amides is 1.